The Kier molecular flexibility index (Phi) is 3.17. The standard InChI is InChI=1S/C12H22N2O/c1-3-14(2)12(15)13-8-11-7-9-4-5-10(11)6-9/h9-11H,3-8H2,1-2H3,(H,13,15). The van der Waals surface area contributed by atoms with Crippen LogP contribution in [-0.2, 0) is 0 Å². The minimum Gasteiger partial charge on any atom is -0.338 e. The highest BCUT2D eigenvalue weighted by molar-refractivity contribution is 5.73. The predicted molar refractivity (Wildman–Crippen MR) is 60.6 cm³/mol. The van der Waals surface area contributed by atoms with E-state index < -0.39 is 0 Å². The summed E-state index contributed by atoms with van der Waals surface area (Å²) >= 11 is 0. The van der Waals surface area contributed by atoms with Gasteiger partial charge >= 0.3 is 6.03 Å². The van der Waals surface area contributed by atoms with Gasteiger partial charge < -0.3 is 10.2 Å². The third kappa shape index (κ3) is 2.27. The maximum absolute atomic E-state index is 11.6. The number of hydrogen-bond donors (Lipinski definition) is 1. The minimum atomic E-state index is 0.0836. The molecule has 0 aromatic carbocycles. The number of carbonyl (C=O) groups is 1. The molecule has 3 atom stereocenters. The molecule has 0 radical (unpaired) electrons. The lowest BCUT2D eigenvalue weighted by molar-refractivity contribution is 0.205. The van der Waals surface area contributed by atoms with Crippen LogP contribution in [0.1, 0.15) is 32.6 Å². The summed E-state index contributed by atoms with van der Waals surface area (Å²) in [5.41, 5.74) is 0. The largest absolute Gasteiger partial charge is 0.338 e. The molecule has 86 valence electrons. The van der Waals surface area contributed by atoms with Gasteiger partial charge in [0.05, 0.1) is 0 Å². The molecule has 2 saturated carbocycles. The van der Waals surface area contributed by atoms with Gasteiger partial charge in [0, 0.05) is 20.1 Å². The lowest BCUT2D eigenvalue weighted by atomic mass is 9.89. The molecule has 15 heavy (non-hydrogen) atoms. The van der Waals surface area contributed by atoms with E-state index in [9.17, 15) is 4.79 Å². The molecule has 2 fully saturated rings. The Labute approximate surface area is 92.2 Å². The Morgan fingerprint density at radius 1 is 1.40 bits per heavy atom. The van der Waals surface area contributed by atoms with Gasteiger partial charge in [0.2, 0.25) is 0 Å². The number of hydrogen-bond acceptors (Lipinski definition) is 1. The number of nitrogens with one attached hydrogen (secondary N) is 1. The second-order valence-electron chi connectivity index (χ2n) is 5.14. The maximum Gasteiger partial charge on any atom is 0.317 e. The molecular weight excluding hydrogens is 188 g/mol. The van der Waals surface area contributed by atoms with Gasteiger partial charge in [0.1, 0.15) is 0 Å². The molecule has 0 aliphatic heterocycles. The fourth-order valence-electron chi connectivity index (χ4n) is 3.12. The average molecular weight is 210 g/mol. The molecule has 0 aromatic rings. The second-order valence-corrected chi connectivity index (χ2v) is 5.14. The van der Waals surface area contributed by atoms with E-state index in [1.807, 2.05) is 14.0 Å². The van der Waals surface area contributed by atoms with E-state index in [2.05, 4.69) is 5.32 Å². The van der Waals surface area contributed by atoms with Crippen LogP contribution >= 0.6 is 0 Å². The molecule has 3 heteroatoms. The van der Waals surface area contributed by atoms with Crippen molar-refractivity contribution in [2.75, 3.05) is 20.1 Å². The molecule has 0 aromatic heterocycles. The molecule has 2 amide bonds. The number of fused-ring (bicyclic) bond motifs is 2. The summed E-state index contributed by atoms with van der Waals surface area (Å²) in [6.07, 6.45) is 5.60. The van der Waals surface area contributed by atoms with Gasteiger partial charge in [-0.05, 0) is 43.9 Å². The van der Waals surface area contributed by atoms with Gasteiger partial charge in [0.15, 0.2) is 0 Å². The van der Waals surface area contributed by atoms with Crippen LogP contribution in [0.4, 0.5) is 4.79 Å². The number of rotatable bonds is 3. The normalized spacial score (nSPS) is 33.1. The van der Waals surface area contributed by atoms with Crippen LogP contribution in [0.3, 0.4) is 0 Å². The first-order valence-electron chi connectivity index (χ1n) is 6.19. The van der Waals surface area contributed by atoms with Gasteiger partial charge in [-0.2, -0.15) is 0 Å². The fraction of sp³-hybridized carbons (Fsp3) is 0.917. The van der Waals surface area contributed by atoms with Crippen molar-refractivity contribution in [1.82, 2.24) is 10.2 Å². The summed E-state index contributed by atoms with van der Waals surface area (Å²) in [5, 5.41) is 3.05. The molecule has 2 aliphatic carbocycles. The van der Waals surface area contributed by atoms with E-state index in [4.69, 9.17) is 0 Å². The zero-order valence-corrected chi connectivity index (χ0v) is 9.83. The topological polar surface area (TPSA) is 32.3 Å². The van der Waals surface area contributed by atoms with Crippen molar-refractivity contribution >= 4 is 6.03 Å². The summed E-state index contributed by atoms with van der Waals surface area (Å²) < 4.78 is 0. The van der Waals surface area contributed by atoms with E-state index in [-0.39, 0.29) is 6.03 Å². The van der Waals surface area contributed by atoms with Crippen molar-refractivity contribution in [2.24, 2.45) is 17.8 Å². The molecule has 3 nitrogen and oxygen atoms in total. The minimum absolute atomic E-state index is 0.0836. The number of amides is 2. The van der Waals surface area contributed by atoms with Crippen molar-refractivity contribution in [2.45, 2.75) is 32.6 Å². The molecule has 0 spiro atoms. The van der Waals surface area contributed by atoms with E-state index in [1.54, 1.807) is 4.90 Å². The Bertz CT molecular complexity index is 242. The summed E-state index contributed by atoms with van der Waals surface area (Å²) in [4.78, 5) is 13.3. The van der Waals surface area contributed by atoms with Crippen LogP contribution in [0.5, 0.6) is 0 Å². The SMILES string of the molecule is CCN(C)C(=O)NCC1CC2CCC1C2. The van der Waals surface area contributed by atoms with Crippen LogP contribution in [0.2, 0.25) is 0 Å². The first-order chi connectivity index (χ1) is 7.20. The molecule has 3 unspecified atom stereocenters. The monoisotopic (exact) mass is 210 g/mol. The van der Waals surface area contributed by atoms with Crippen LogP contribution in [0, 0.1) is 17.8 Å². The van der Waals surface area contributed by atoms with Gasteiger partial charge in [-0.15, -0.1) is 0 Å². The number of nitrogens with zero attached hydrogens (tertiary/aromatic N) is 1. The van der Waals surface area contributed by atoms with Crippen molar-refractivity contribution in [3.63, 3.8) is 0 Å². The van der Waals surface area contributed by atoms with Crippen LogP contribution < -0.4 is 5.32 Å². The second kappa shape index (κ2) is 4.42. The maximum atomic E-state index is 11.6. The van der Waals surface area contributed by atoms with Crippen LogP contribution in [0.25, 0.3) is 0 Å². The summed E-state index contributed by atoms with van der Waals surface area (Å²) in [5.74, 6) is 2.64. The van der Waals surface area contributed by atoms with Gasteiger partial charge in [-0.1, -0.05) is 6.42 Å². The Morgan fingerprint density at radius 2 is 2.20 bits per heavy atom. The smallest absolute Gasteiger partial charge is 0.317 e. The highest BCUT2D eigenvalue weighted by Gasteiger charge is 2.39. The summed E-state index contributed by atoms with van der Waals surface area (Å²) in [6.45, 7) is 3.67. The molecular formula is C12H22N2O. The molecule has 2 aliphatic rings. The van der Waals surface area contributed by atoms with Crippen molar-refractivity contribution < 1.29 is 4.79 Å². The quantitative estimate of drug-likeness (QED) is 0.760. The van der Waals surface area contributed by atoms with Gasteiger partial charge in [-0.25, -0.2) is 4.79 Å². The lowest BCUT2D eigenvalue weighted by Gasteiger charge is -2.23. The van der Waals surface area contributed by atoms with E-state index in [1.165, 1.54) is 25.7 Å². The summed E-state index contributed by atoms with van der Waals surface area (Å²) in [7, 11) is 1.84. The van der Waals surface area contributed by atoms with Crippen molar-refractivity contribution in [3.8, 4) is 0 Å². The van der Waals surface area contributed by atoms with E-state index in [0.29, 0.717) is 0 Å². The molecule has 0 heterocycles. The van der Waals surface area contributed by atoms with E-state index in [0.717, 1.165) is 30.8 Å². The first-order valence-corrected chi connectivity index (χ1v) is 6.19. The highest BCUT2D eigenvalue weighted by Crippen LogP contribution is 2.47. The van der Waals surface area contributed by atoms with Gasteiger partial charge in [-0.3, -0.25) is 0 Å². The van der Waals surface area contributed by atoms with Crippen molar-refractivity contribution in [3.05, 3.63) is 0 Å². The van der Waals surface area contributed by atoms with Gasteiger partial charge in [0.25, 0.3) is 0 Å². The number of urea groups is 1. The molecule has 1 N–H and O–H groups in total. The van der Waals surface area contributed by atoms with Crippen LogP contribution in [-0.4, -0.2) is 31.1 Å². The Hall–Kier alpha value is -0.730. The third-order valence-corrected chi connectivity index (χ3v) is 4.22. The zero-order chi connectivity index (χ0) is 10.8. The zero-order valence-electron chi connectivity index (χ0n) is 9.83. The fourth-order valence-corrected chi connectivity index (χ4v) is 3.12. The molecule has 0 saturated heterocycles. The summed E-state index contributed by atoms with van der Waals surface area (Å²) in [6, 6.07) is 0.0836. The average Bonchev–Trinajstić information content (AvgIpc) is 2.86. The Morgan fingerprint density at radius 3 is 2.73 bits per heavy atom. The van der Waals surface area contributed by atoms with Crippen LogP contribution in [0.15, 0.2) is 0 Å². The Balaban J connectivity index is 1.72. The molecule has 2 rings (SSSR count). The predicted octanol–water partition coefficient (Wildman–Crippen LogP) is 2.08. The first kappa shape index (κ1) is 10.8. The van der Waals surface area contributed by atoms with Crippen molar-refractivity contribution in [1.29, 1.82) is 0 Å². The third-order valence-electron chi connectivity index (χ3n) is 4.22. The number of carbonyl (C=O) groups excluding carboxylic acids is 1. The lowest BCUT2D eigenvalue weighted by Crippen LogP contribution is -2.40. The van der Waals surface area contributed by atoms with E-state index >= 15 is 0 Å². The molecule has 2 bridgehead atoms. The highest BCUT2D eigenvalue weighted by atomic mass is 16.2.